The van der Waals surface area contributed by atoms with Crippen LogP contribution in [0.25, 0.3) is 11.3 Å². The van der Waals surface area contributed by atoms with Gasteiger partial charge < -0.3 is 25.3 Å². The van der Waals surface area contributed by atoms with Gasteiger partial charge in [0.2, 0.25) is 5.91 Å². The van der Waals surface area contributed by atoms with E-state index in [-0.39, 0.29) is 23.9 Å². The predicted molar refractivity (Wildman–Crippen MR) is 148 cm³/mol. The van der Waals surface area contributed by atoms with Crippen molar-refractivity contribution in [1.82, 2.24) is 20.2 Å². The van der Waals surface area contributed by atoms with E-state index in [0.29, 0.717) is 51.9 Å². The molecule has 0 saturated carbocycles. The summed E-state index contributed by atoms with van der Waals surface area (Å²) in [7, 11) is 1.55. The van der Waals surface area contributed by atoms with Crippen LogP contribution in [0.4, 0.5) is 11.4 Å². The van der Waals surface area contributed by atoms with Gasteiger partial charge in [0.15, 0.2) is 5.75 Å². The van der Waals surface area contributed by atoms with Gasteiger partial charge in [-0.2, -0.15) is 0 Å². The van der Waals surface area contributed by atoms with Gasteiger partial charge in [0.1, 0.15) is 0 Å². The highest BCUT2D eigenvalue weighted by Gasteiger charge is 2.32. The molecule has 4 heterocycles. The number of aromatic nitrogens is 2. The van der Waals surface area contributed by atoms with Gasteiger partial charge in [0.25, 0.3) is 5.91 Å². The van der Waals surface area contributed by atoms with Crippen molar-refractivity contribution in [1.29, 1.82) is 0 Å². The van der Waals surface area contributed by atoms with Gasteiger partial charge in [-0.25, -0.2) is 0 Å². The zero-order valence-electron chi connectivity index (χ0n) is 21.2. The maximum Gasteiger partial charge on any atom is 0.255 e. The summed E-state index contributed by atoms with van der Waals surface area (Å²) in [5, 5.41) is 6.78. The van der Waals surface area contributed by atoms with E-state index in [4.69, 9.17) is 16.3 Å². The second-order valence-corrected chi connectivity index (χ2v) is 9.67. The molecule has 1 fully saturated rings. The van der Waals surface area contributed by atoms with E-state index in [1.807, 2.05) is 25.1 Å². The molecule has 2 aromatic heterocycles. The van der Waals surface area contributed by atoms with Crippen molar-refractivity contribution in [3.63, 3.8) is 0 Å². The quantitative estimate of drug-likeness (QED) is 0.329. The van der Waals surface area contributed by atoms with Crippen LogP contribution < -0.4 is 15.4 Å². The van der Waals surface area contributed by atoms with Crippen LogP contribution in [0.2, 0.25) is 5.02 Å². The van der Waals surface area contributed by atoms with Crippen LogP contribution in [0.15, 0.2) is 49.3 Å². The lowest BCUT2D eigenvalue weighted by molar-refractivity contribution is -0.127. The third kappa shape index (κ3) is 4.61. The molecule has 9 heteroatoms. The van der Waals surface area contributed by atoms with E-state index < -0.39 is 0 Å². The van der Waals surface area contributed by atoms with Crippen LogP contribution in [-0.2, 0) is 11.2 Å². The number of likely N-dealkylation sites (tertiary alicyclic amines) is 1. The number of para-hydroxylation sites is 1. The summed E-state index contributed by atoms with van der Waals surface area (Å²) >= 11 is 6.37. The monoisotopic (exact) mass is 529 g/mol. The van der Waals surface area contributed by atoms with E-state index in [1.54, 1.807) is 30.5 Å². The van der Waals surface area contributed by atoms with E-state index in [1.165, 1.54) is 6.08 Å². The number of carbonyl (C=O) groups excluding carboxylic acids is 2. The number of nitrogens with zero attached hydrogens (tertiary/aromatic N) is 2. The van der Waals surface area contributed by atoms with Gasteiger partial charge in [-0.05, 0) is 44.0 Å². The molecule has 1 aromatic carbocycles. The summed E-state index contributed by atoms with van der Waals surface area (Å²) in [5.41, 5.74) is 4.77. The van der Waals surface area contributed by atoms with Crippen LogP contribution in [0.1, 0.15) is 41.4 Å². The van der Waals surface area contributed by atoms with Crippen LogP contribution in [0.3, 0.4) is 0 Å². The highest BCUT2D eigenvalue weighted by molar-refractivity contribution is 6.32. The Morgan fingerprint density at radius 3 is 2.97 bits per heavy atom. The van der Waals surface area contributed by atoms with Crippen LogP contribution in [-0.4, -0.2) is 52.4 Å². The van der Waals surface area contributed by atoms with Gasteiger partial charge in [-0.15, -0.1) is 0 Å². The van der Waals surface area contributed by atoms with Crippen LogP contribution in [0.5, 0.6) is 5.75 Å². The van der Waals surface area contributed by atoms with E-state index in [0.717, 1.165) is 24.1 Å². The first kappa shape index (κ1) is 25.4. The zero-order chi connectivity index (χ0) is 26.8. The Morgan fingerprint density at radius 1 is 1.34 bits per heavy atom. The molecule has 8 nitrogen and oxygen atoms in total. The summed E-state index contributed by atoms with van der Waals surface area (Å²) in [5.74, 6) is 6.73. The topological polar surface area (TPSA) is 99.3 Å². The highest BCUT2D eigenvalue weighted by atomic mass is 35.5. The van der Waals surface area contributed by atoms with Gasteiger partial charge in [-0.3, -0.25) is 14.6 Å². The van der Waals surface area contributed by atoms with Gasteiger partial charge >= 0.3 is 0 Å². The molecule has 3 N–H and O–H groups in total. The van der Waals surface area contributed by atoms with Crippen molar-refractivity contribution < 1.29 is 14.3 Å². The highest BCUT2D eigenvalue weighted by Crippen LogP contribution is 2.41. The number of fused-ring (bicyclic) bond motifs is 1. The Morgan fingerprint density at radius 2 is 2.18 bits per heavy atom. The number of hydrogen-bond donors (Lipinski definition) is 3. The molecule has 0 spiro atoms. The minimum Gasteiger partial charge on any atom is -0.493 e. The Balaban J connectivity index is 1.61. The standard InChI is InChI=1S/C29H28ClN5O3/c1-4-24(36)35-17(2)8-10-19(35)11-9-18-16-31-14-12-20(18)26-27(25-22(33-26)13-15-32-29(25)37)34-23-7-5-6-21(30)28(23)38-3/h4-7,12,14,16-17,19,33-34H,1,8,10,13,15H2,2-3H3,(H,32,37)/t17-,19-/m0/s1. The largest absolute Gasteiger partial charge is 0.493 e. The molecule has 2 aliphatic rings. The van der Waals surface area contributed by atoms with Crippen LogP contribution in [0, 0.1) is 11.8 Å². The third-order valence-corrected chi connectivity index (χ3v) is 7.26. The van der Waals surface area contributed by atoms with E-state index in [9.17, 15) is 9.59 Å². The summed E-state index contributed by atoms with van der Waals surface area (Å²) < 4.78 is 5.53. The van der Waals surface area contributed by atoms with Crippen molar-refractivity contribution >= 4 is 34.8 Å². The first-order valence-corrected chi connectivity index (χ1v) is 12.8. The number of anilines is 2. The van der Waals surface area contributed by atoms with Gasteiger partial charge in [0, 0.05) is 42.7 Å². The first-order chi connectivity index (χ1) is 18.4. The third-order valence-electron chi connectivity index (χ3n) is 6.96. The molecule has 1 saturated heterocycles. The summed E-state index contributed by atoms with van der Waals surface area (Å²) in [6, 6.07) is 7.16. The smallest absolute Gasteiger partial charge is 0.255 e. The number of amides is 2. The lowest BCUT2D eigenvalue weighted by atomic mass is 10.0. The maximum atomic E-state index is 13.0. The lowest BCUT2D eigenvalue weighted by Crippen LogP contribution is -2.38. The molecule has 3 aromatic rings. The zero-order valence-corrected chi connectivity index (χ0v) is 22.0. The number of aromatic amines is 1. The number of H-pyrrole nitrogens is 1. The number of benzene rings is 1. The van der Waals surface area contributed by atoms with Crippen molar-refractivity contribution in [3.05, 3.63) is 71.2 Å². The lowest BCUT2D eigenvalue weighted by Gasteiger charge is -2.23. The van der Waals surface area contributed by atoms with E-state index >= 15 is 0 Å². The normalized spacial score (nSPS) is 18.2. The van der Waals surface area contributed by atoms with Crippen molar-refractivity contribution in [2.24, 2.45) is 0 Å². The Bertz CT molecular complexity index is 1490. The van der Waals surface area contributed by atoms with Crippen molar-refractivity contribution in [3.8, 4) is 28.8 Å². The summed E-state index contributed by atoms with van der Waals surface area (Å²) in [6.45, 7) is 6.20. The fourth-order valence-electron chi connectivity index (χ4n) is 5.13. The van der Waals surface area contributed by atoms with Crippen molar-refractivity contribution in [2.75, 3.05) is 19.0 Å². The fourth-order valence-corrected chi connectivity index (χ4v) is 5.38. The molecule has 5 rings (SSSR count). The maximum absolute atomic E-state index is 13.0. The molecule has 194 valence electrons. The van der Waals surface area contributed by atoms with Crippen LogP contribution >= 0.6 is 11.6 Å². The number of carbonyl (C=O) groups is 2. The first-order valence-electron chi connectivity index (χ1n) is 12.5. The Hall–Kier alpha value is -4.22. The van der Waals surface area contributed by atoms with Crippen molar-refractivity contribution in [2.45, 2.75) is 38.3 Å². The number of ether oxygens (including phenoxy) is 1. The van der Waals surface area contributed by atoms with Gasteiger partial charge in [-0.1, -0.05) is 36.1 Å². The molecular formula is C29H28ClN5O3. The molecule has 2 aliphatic heterocycles. The molecule has 0 bridgehead atoms. The average Bonchev–Trinajstić information content (AvgIpc) is 3.48. The molecule has 2 amide bonds. The Labute approximate surface area is 226 Å². The predicted octanol–water partition coefficient (Wildman–Crippen LogP) is 4.69. The second kappa shape index (κ2) is 10.6. The minimum absolute atomic E-state index is 0.102. The molecule has 0 aliphatic carbocycles. The molecular weight excluding hydrogens is 502 g/mol. The molecule has 0 unspecified atom stereocenters. The number of halogens is 1. The average molecular weight is 530 g/mol. The Kier molecular flexibility index (Phi) is 7.12. The summed E-state index contributed by atoms with van der Waals surface area (Å²) in [6.07, 6.45) is 7.06. The molecule has 0 radical (unpaired) electrons. The number of methoxy groups -OCH3 is 1. The fraction of sp³-hybridized carbons (Fsp3) is 0.276. The second-order valence-electron chi connectivity index (χ2n) is 9.26. The molecule has 2 atom stereocenters. The molecule has 38 heavy (non-hydrogen) atoms. The van der Waals surface area contributed by atoms with E-state index in [2.05, 4.69) is 39.0 Å². The summed E-state index contributed by atoms with van der Waals surface area (Å²) in [4.78, 5) is 35.0. The number of hydrogen-bond acceptors (Lipinski definition) is 5. The number of rotatable bonds is 5. The SMILES string of the molecule is C=CC(=O)N1[C@H](C#Cc2cnccc2-c2[nH]c3c(c2Nc2cccc(Cl)c2OC)C(=O)NCC3)CC[C@@H]1C. The number of nitrogens with one attached hydrogen (secondary N) is 3. The number of pyridine rings is 1. The minimum atomic E-state index is -0.209. The van der Waals surface area contributed by atoms with Gasteiger partial charge in [0.05, 0.1) is 46.4 Å².